The minimum Gasteiger partial charge on any atom is -0.326 e. The van der Waals surface area contributed by atoms with Crippen LogP contribution in [0.3, 0.4) is 0 Å². The van der Waals surface area contributed by atoms with Crippen molar-refractivity contribution in [1.82, 2.24) is 4.31 Å². The minimum atomic E-state index is -3.54. The molecule has 0 fully saturated rings. The number of carbonyl (C=O) groups excluding carboxylic acids is 1. The Kier molecular flexibility index (Phi) is 5.41. The maximum Gasteiger partial charge on any atom is 0.242 e. The standard InChI is InChI=1S/C16H17ClN2O3S/c1-19(2)23(21,22)14-8-5-7-13(11-14)18-16(20)10-12-6-3-4-9-15(12)17/h3-9,11H,10H2,1-2H3,(H,18,20). The van der Waals surface area contributed by atoms with E-state index >= 15 is 0 Å². The van der Waals surface area contributed by atoms with E-state index in [9.17, 15) is 13.2 Å². The highest BCUT2D eigenvalue weighted by Crippen LogP contribution is 2.19. The van der Waals surface area contributed by atoms with Crippen LogP contribution in [0.1, 0.15) is 5.56 Å². The first kappa shape index (κ1) is 17.5. The number of benzene rings is 2. The first-order valence-electron chi connectivity index (χ1n) is 6.86. The van der Waals surface area contributed by atoms with Crippen molar-refractivity contribution in [2.45, 2.75) is 11.3 Å². The highest BCUT2D eigenvalue weighted by molar-refractivity contribution is 7.89. The molecule has 7 heteroatoms. The molecule has 0 aliphatic rings. The quantitative estimate of drug-likeness (QED) is 0.899. The predicted octanol–water partition coefficient (Wildman–Crippen LogP) is 2.77. The predicted molar refractivity (Wildman–Crippen MR) is 91.1 cm³/mol. The Hall–Kier alpha value is -1.89. The first-order valence-corrected chi connectivity index (χ1v) is 8.68. The first-order chi connectivity index (χ1) is 10.8. The van der Waals surface area contributed by atoms with E-state index in [2.05, 4.69) is 5.32 Å². The Morgan fingerprint density at radius 2 is 1.83 bits per heavy atom. The van der Waals surface area contributed by atoms with Gasteiger partial charge in [-0.25, -0.2) is 12.7 Å². The lowest BCUT2D eigenvalue weighted by atomic mass is 10.1. The second-order valence-electron chi connectivity index (χ2n) is 5.13. The molecule has 0 aromatic heterocycles. The molecule has 0 atom stereocenters. The maximum atomic E-state index is 12.1. The summed E-state index contributed by atoms with van der Waals surface area (Å²) in [6, 6.07) is 13.2. The molecule has 2 aromatic rings. The van der Waals surface area contributed by atoms with Gasteiger partial charge in [-0.2, -0.15) is 0 Å². The molecule has 0 aliphatic carbocycles. The summed E-state index contributed by atoms with van der Waals surface area (Å²) in [7, 11) is -0.627. The van der Waals surface area contributed by atoms with Crippen LogP contribution in [0.2, 0.25) is 5.02 Å². The van der Waals surface area contributed by atoms with Crippen LogP contribution in [0.25, 0.3) is 0 Å². The SMILES string of the molecule is CN(C)S(=O)(=O)c1cccc(NC(=O)Cc2ccccc2Cl)c1. The fourth-order valence-corrected chi connectivity index (χ4v) is 3.12. The molecule has 2 rings (SSSR count). The van der Waals surface area contributed by atoms with Gasteiger partial charge in [-0.15, -0.1) is 0 Å². The van der Waals surface area contributed by atoms with E-state index in [-0.39, 0.29) is 17.2 Å². The van der Waals surface area contributed by atoms with Crippen LogP contribution in [0.5, 0.6) is 0 Å². The lowest BCUT2D eigenvalue weighted by Gasteiger charge is -2.13. The number of nitrogens with one attached hydrogen (secondary N) is 1. The molecule has 1 N–H and O–H groups in total. The Bertz CT molecular complexity index is 820. The number of carbonyl (C=O) groups is 1. The van der Waals surface area contributed by atoms with E-state index < -0.39 is 10.0 Å². The summed E-state index contributed by atoms with van der Waals surface area (Å²) in [4.78, 5) is 12.2. The highest BCUT2D eigenvalue weighted by atomic mass is 35.5. The van der Waals surface area contributed by atoms with Crippen LogP contribution in [-0.4, -0.2) is 32.7 Å². The summed E-state index contributed by atoms with van der Waals surface area (Å²) in [6.07, 6.45) is 0.115. The Balaban J connectivity index is 2.15. The van der Waals surface area contributed by atoms with Crippen molar-refractivity contribution in [3.8, 4) is 0 Å². The van der Waals surface area contributed by atoms with Crippen LogP contribution in [0, 0.1) is 0 Å². The minimum absolute atomic E-state index is 0.115. The molecule has 1 amide bonds. The van der Waals surface area contributed by atoms with E-state index in [1.54, 1.807) is 36.4 Å². The molecule has 0 aliphatic heterocycles. The van der Waals surface area contributed by atoms with E-state index in [1.807, 2.05) is 0 Å². The normalized spacial score (nSPS) is 11.5. The van der Waals surface area contributed by atoms with E-state index in [4.69, 9.17) is 11.6 Å². The Labute approximate surface area is 140 Å². The molecular formula is C16H17ClN2O3S. The number of nitrogens with zero attached hydrogens (tertiary/aromatic N) is 1. The van der Waals surface area contributed by atoms with Crippen LogP contribution in [0.15, 0.2) is 53.4 Å². The number of rotatable bonds is 5. The molecule has 0 spiro atoms. The van der Waals surface area contributed by atoms with Gasteiger partial charge >= 0.3 is 0 Å². The average molecular weight is 353 g/mol. The van der Waals surface area contributed by atoms with Crippen molar-refractivity contribution in [3.05, 3.63) is 59.1 Å². The number of amides is 1. The number of anilines is 1. The fourth-order valence-electron chi connectivity index (χ4n) is 1.97. The van der Waals surface area contributed by atoms with Crippen LogP contribution < -0.4 is 5.32 Å². The molecule has 0 unspecified atom stereocenters. The van der Waals surface area contributed by atoms with Crippen LogP contribution >= 0.6 is 11.6 Å². The van der Waals surface area contributed by atoms with Crippen molar-refractivity contribution in [3.63, 3.8) is 0 Å². The van der Waals surface area contributed by atoms with Gasteiger partial charge in [-0.05, 0) is 29.8 Å². The number of halogens is 1. The van der Waals surface area contributed by atoms with Crippen molar-refractivity contribution in [2.24, 2.45) is 0 Å². The van der Waals surface area contributed by atoms with Gasteiger partial charge in [0, 0.05) is 24.8 Å². The molecule has 0 radical (unpaired) electrons. The summed E-state index contributed by atoms with van der Waals surface area (Å²) in [6.45, 7) is 0. The molecule has 122 valence electrons. The molecule has 2 aromatic carbocycles. The van der Waals surface area contributed by atoms with Gasteiger partial charge in [0.25, 0.3) is 0 Å². The van der Waals surface area contributed by atoms with Crippen molar-refractivity contribution < 1.29 is 13.2 Å². The van der Waals surface area contributed by atoms with Gasteiger partial charge in [0.15, 0.2) is 0 Å². The highest BCUT2D eigenvalue weighted by Gasteiger charge is 2.17. The topological polar surface area (TPSA) is 66.5 Å². The summed E-state index contributed by atoms with van der Waals surface area (Å²) in [5.41, 5.74) is 1.13. The zero-order chi connectivity index (χ0) is 17.0. The molecule has 23 heavy (non-hydrogen) atoms. The third-order valence-electron chi connectivity index (χ3n) is 3.21. The van der Waals surface area contributed by atoms with Crippen molar-refractivity contribution in [1.29, 1.82) is 0 Å². The van der Waals surface area contributed by atoms with Gasteiger partial charge < -0.3 is 5.32 Å². The summed E-state index contributed by atoms with van der Waals surface area (Å²) >= 11 is 6.03. The summed E-state index contributed by atoms with van der Waals surface area (Å²) < 4.78 is 25.3. The van der Waals surface area contributed by atoms with Crippen LogP contribution in [0.4, 0.5) is 5.69 Å². The van der Waals surface area contributed by atoms with E-state index in [0.717, 1.165) is 4.31 Å². The lowest BCUT2D eigenvalue weighted by molar-refractivity contribution is -0.115. The monoisotopic (exact) mass is 352 g/mol. The van der Waals surface area contributed by atoms with Crippen molar-refractivity contribution in [2.75, 3.05) is 19.4 Å². The molecular weight excluding hydrogens is 336 g/mol. The third kappa shape index (κ3) is 4.31. The average Bonchev–Trinajstić information content (AvgIpc) is 2.49. The van der Waals surface area contributed by atoms with Gasteiger partial charge in [0.05, 0.1) is 11.3 Å². The second kappa shape index (κ2) is 7.12. The van der Waals surface area contributed by atoms with Gasteiger partial charge in [-0.3, -0.25) is 4.79 Å². The molecule has 0 saturated heterocycles. The molecule has 0 heterocycles. The Morgan fingerprint density at radius 3 is 2.48 bits per heavy atom. The number of sulfonamides is 1. The van der Waals surface area contributed by atoms with E-state index in [1.165, 1.54) is 26.2 Å². The Morgan fingerprint density at radius 1 is 1.13 bits per heavy atom. The van der Waals surface area contributed by atoms with Crippen LogP contribution in [-0.2, 0) is 21.2 Å². The lowest BCUT2D eigenvalue weighted by Crippen LogP contribution is -2.22. The maximum absolute atomic E-state index is 12.1. The molecule has 0 saturated carbocycles. The third-order valence-corrected chi connectivity index (χ3v) is 5.39. The van der Waals surface area contributed by atoms with Gasteiger partial charge in [0.2, 0.25) is 15.9 Å². The summed E-state index contributed by atoms with van der Waals surface area (Å²) in [5, 5.41) is 3.21. The number of hydrogen-bond acceptors (Lipinski definition) is 3. The van der Waals surface area contributed by atoms with Gasteiger partial charge in [0.1, 0.15) is 0 Å². The second-order valence-corrected chi connectivity index (χ2v) is 7.69. The largest absolute Gasteiger partial charge is 0.326 e. The molecule has 5 nitrogen and oxygen atoms in total. The summed E-state index contributed by atoms with van der Waals surface area (Å²) in [5.74, 6) is -0.266. The van der Waals surface area contributed by atoms with Gasteiger partial charge in [-0.1, -0.05) is 35.9 Å². The van der Waals surface area contributed by atoms with Crippen molar-refractivity contribution >= 4 is 33.2 Å². The smallest absolute Gasteiger partial charge is 0.242 e. The zero-order valence-corrected chi connectivity index (χ0v) is 14.4. The van der Waals surface area contributed by atoms with E-state index in [0.29, 0.717) is 16.3 Å². The number of hydrogen-bond donors (Lipinski definition) is 1. The fraction of sp³-hybridized carbons (Fsp3) is 0.188. The zero-order valence-electron chi connectivity index (χ0n) is 12.8. The molecule has 0 bridgehead atoms.